The molecule has 0 aliphatic heterocycles. The number of halogens is 1. The van der Waals surface area contributed by atoms with Crippen LogP contribution in [0, 0.1) is 0 Å². The van der Waals surface area contributed by atoms with Crippen molar-refractivity contribution in [2.45, 2.75) is 0 Å². The van der Waals surface area contributed by atoms with E-state index in [0.717, 1.165) is 0 Å². The predicted molar refractivity (Wildman–Crippen MR) is 26.1 cm³/mol. The molecule has 0 fully saturated rings. The van der Waals surface area contributed by atoms with E-state index in [9.17, 15) is 4.57 Å². The van der Waals surface area contributed by atoms with Crippen LogP contribution in [0.1, 0.15) is 0 Å². The van der Waals surface area contributed by atoms with Gasteiger partial charge in [0.2, 0.25) is 0 Å². The van der Waals surface area contributed by atoms with Crippen molar-refractivity contribution in [1.29, 1.82) is 0 Å². The van der Waals surface area contributed by atoms with Gasteiger partial charge in [-0.1, -0.05) is 0 Å². The monoisotopic (exact) mass is 172 g/mol. The molecule has 7 heavy (non-hydrogen) atoms. The molecule has 0 heterocycles. The Morgan fingerprint density at radius 2 is 1.71 bits per heavy atom. The zero-order chi connectivity index (χ0) is 5.21. The summed E-state index contributed by atoms with van der Waals surface area (Å²) in [5.41, 5.74) is 0. The third kappa shape index (κ3) is 11.5. The summed E-state index contributed by atoms with van der Waals surface area (Å²) in [4.78, 5) is 15.2. The molecular formula is H3ClKO4P. The summed E-state index contributed by atoms with van der Waals surface area (Å²) in [6.45, 7) is 0. The van der Waals surface area contributed by atoms with Crippen LogP contribution >= 0.6 is 19.7 Å². The Morgan fingerprint density at radius 1 is 1.57 bits per heavy atom. The molecular weight excluding hydrogens is 170 g/mol. The summed E-state index contributed by atoms with van der Waals surface area (Å²) in [5, 5.41) is 0. The second kappa shape index (κ2) is 4.87. The number of rotatable bonds is 1. The summed E-state index contributed by atoms with van der Waals surface area (Å²) in [6.07, 6.45) is 0. The Hall–Kier alpha value is 2.04. The molecule has 0 radical (unpaired) electrons. The first-order valence-corrected chi connectivity index (χ1v) is 2.76. The molecule has 0 aromatic heterocycles. The Bertz CT molecular complexity index is 75.8. The molecule has 0 amide bonds. The van der Waals surface area contributed by atoms with Crippen LogP contribution in [0.5, 0.6) is 0 Å². The van der Waals surface area contributed by atoms with Gasteiger partial charge in [-0.05, 0) is 0 Å². The molecule has 0 rings (SSSR count). The Labute approximate surface area is 88.0 Å². The second-order valence-electron chi connectivity index (χ2n) is 0.560. The van der Waals surface area contributed by atoms with Crippen molar-refractivity contribution in [3.63, 3.8) is 0 Å². The summed E-state index contributed by atoms with van der Waals surface area (Å²) in [5.74, 6) is 0. The summed E-state index contributed by atoms with van der Waals surface area (Å²) in [7, 11) is -4.38. The van der Waals surface area contributed by atoms with E-state index < -0.39 is 7.82 Å². The van der Waals surface area contributed by atoms with Crippen molar-refractivity contribution in [3.8, 4) is 0 Å². The van der Waals surface area contributed by atoms with Crippen molar-refractivity contribution in [1.82, 2.24) is 0 Å². The second-order valence-corrected chi connectivity index (χ2v) is 2.09. The quantitative estimate of drug-likeness (QED) is 0.417. The molecule has 0 aliphatic carbocycles. The molecule has 0 unspecified atom stereocenters. The predicted octanol–water partition coefficient (Wildman–Crippen LogP) is -0.399. The minimum absolute atomic E-state index is 0. The molecule has 0 aromatic carbocycles. The molecule has 0 bridgehead atoms. The van der Waals surface area contributed by atoms with Gasteiger partial charge in [0.1, 0.15) is 0 Å². The molecule has 0 atom stereocenters. The molecule has 40 valence electrons. The van der Waals surface area contributed by atoms with Crippen LogP contribution < -0.4 is 0 Å². The summed E-state index contributed by atoms with van der Waals surface area (Å²) in [6, 6.07) is 0. The summed E-state index contributed by atoms with van der Waals surface area (Å²) >= 11 is 4.21. The standard InChI is InChI=1S/ClH2O4P.K.H/c1-5-6(2,3)4;;/h(H2,2,3,4);;. The van der Waals surface area contributed by atoms with E-state index in [1.807, 2.05) is 0 Å². The first-order chi connectivity index (χ1) is 2.56. The van der Waals surface area contributed by atoms with Crippen LogP contribution in [0.25, 0.3) is 0 Å². The van der Waals surface area contributed by atoms with Crippen LogP contribution in [-0.2, 0) is 8.64 Å². The van der Waals surface area contributed by atoms with Crippen molar-refractivity contribution >= 4 is 71.1 Å². The molecule has 0 saturated carbocycles. The number of hydrogen-bond acceptors (Lipinski definition) is 2. The van der Waals surface area contributed by atoms with E-state index in [1.165, 1.54) is 0 Å². The van der Waals surface area contributed by atoms with Gasteiger partial charge in [0.05, 0.1) is 11.9 Å². The number of hydrogen-bond donors (Lipinski definition) is 2. The molecule has 0 saturated heterocycles. The van der Waals surface area contributed by atoms with Gasteiger partial charge in [-0.3, -0.25) is 0 Å². The molecule has 0 aromatic rings. The van der Waals surface area contributed by atoms with Crippen LogP contribution in [0.15, 0.2) is 0 Å². The van der Waals surface area contributed by atoms with Gasteiger partial charge in [-0.2, -0.15) is 4.08 Å². The fourth-order valence-corrected chi connectivity index (χ4v) is 0. The van der Waals surface area contributed by atoms with E-state index in [1.54, 1.807) is 0 Å². The molecule has 0 aliphatic rings. The molecule has 7 heteroatoms. The number of phosphoric acid groups is 1. The van der Waals surface area contributed by atoms with E-state index in [0.29, 0.717) is 0 Å². The van der Waals surface area contributed by atoms with E-state index in [4.69, 9.17) is 9.79 Å². The van der Waals surface area contributed by atoms with Gasteiger partial charge in [-0.15, -0.1) is 0 Å². The van der Waals surface area contributed by atoms with Gasteiger partial charge in [-0.25, -0.2) is 4.57 Å². The third-order valence-corrected chi connectivity index (χ3v) is 0.809. The van der Waals surface area contributed by atoms with Gasteiger partial charge in [0, 0.05) is 0 Å². The Kier molecular flexibility index (Phi) is 8.21. The topological polar surface area (TPSA) is 66.8 Å². The van der Waals surface area contributed by atoms with Crippen molar-refractivity contribution < 1.29 is 18.4 Å². The third-order valence-electron chi connectivity index (χ3n) is 0.0899. The minimum atomic E-state index is -4.38. The fourth-order valence-electron chi connectivity index (χ4n) is 0. The van der Waals surface area contributed by atoms with Gasteiger partial charge in [0.25, 0.3) is 0 Å². The first-order valence-electron chi connectivity index (χ1n) is 0.919. The normalized spacial score (nSPS) is 10.1. The average molecular weight is 173 g/mol. The van der Waals surface area contributed by atoms with Crippen LogP contribution in [-0.4, -0.2) is 61.2 Å². The maximum absolute atomic E-state index is 9.34. The van der Waals surface area contributed by atoms with E-state index in [-0.39, 0.29) is 51.4 Å². The Balaban J connectivity index is 0. The Morgan fingerprint density at radius 3 is 1.71 bits per heavy atom. The zero-order valence-corrected chi connectivity index (χ0v) is 4.19. The molecule has 4 nitrogen and oxygen atoms in total. The maximum atomic E-state index is 9.34. The molecule has 2 N–H and O–H groups in total. The fraction of sp³-hybridized carbons (Fsp3) is 0. The summed E-state index contributed by atoms with van der Waals surface area (Å²) < 4.78 is 12.4. The SMILES string of the molecule is O=P(O)(O)OCl.[KH]. The van der Waals surface area contributed by atoms with Gasteiger partial charge < -0.3 is 9.79 Å². The van der Waals surface area contributed by atoms with Crippen LogP contribution in [0.3, 0.4) is 0 Å². The van der Waals surface area contributed by atoms with Crippen LogP contribution in [0.2, 0.25) is 0 Å². The first kappa shape index (κ1) is 11.8. The van der Waals surface area contributed by atoms with Crippen molar-refractivity contribution in [2.24, 2.45) is 0 Å². The van der Waals surface area contributed by atoms with Gasteiger partial charge in [0.15, 0.2) is 0 Å². The van der Waals surface area contributed by atoms with E-state index >= 15 is 0 Å². The van der Waals surface area contributed by atoms with E-state index in [2.05, 4.69) is 15.9 Å². The van der Waals surface area contributed by atoms with Crippen molar-refractivity contribution in [3.05, 3.63) is 0 Å². The molecule has 0 spiro atoms. The zero-order valence-electron chi connectivity index (χ0n) is 2.54. The van der Waals surface area contributed by atoms with Crippen molar-refractivity contribution in [2.75, 3.05) is 0 Å². The average Bonchev–Trinajstić information content (AvgIpc) is 1.35. The van der Waals surface area contributed by atoms with Gasteiger partial charge >= 0.3 is 59.2 Å². The van der Waals surface area contributed by atoms with Crippen LogP contribution in [0.4, 0.5) is 0 Å².